The van der Waals surface area contributed by atoms with Crippen LogP contribution in [0.2, 0.25) is 5.02 Å². The second-order valence-electron chi connectivity index (χ2n) is 10.8. The molecule has 0 atom stereocenters. The Balaban J connectivity index is 1.54. The van der Waals surface area contributed by atoms with Crippen molar-refractivity contribution in [1.82, 2.24) is 9.88 Å². The average Bonchev–Trinajstić information content (AvgIpc) is 3.15. The van der Waals surface area contributed by atoms with Gasteiger partial charge in [0, 0.05) is 40.3 Å². The third kappa shape index (κ3) is 6.45. The molecule has 0 aliphatic rings. The molecule has 4 aromatic rings. The van der Waals surface area contributed by atoms with Gasteiger partial charge in [-0.15, -0.1) is 0 Å². The van der Waals surface area contributed by atoms with Gasteiger partial charge in [0.2, 0.25) is 0 Å². The van der Waals surface area contributed by atoms with E-state index in [2.05, 4.69) is 61.4 Å². The predicted molar refractivity (Wildman–Crippen MR) is 156 cm³/mol. The summed E-state index contributed by atoms with van der Waals surface area (Å²) in [6, 6.07) is 19.5. The van der Waals surface area contributed by atoms with Crippen LogP contribution < -0.4 is 10.1 Å². The summed E-state index contributed by atoms with van der Waals surface area (Å²) < 4.78 is 12.4. The third-order valence-electron chi connectivity index (χ3n) is 7.08. The number of rotatable bonds is 8. The Morgan fingerprint density at radius 1 is 1.00 bits per heavy atom. The fourth-order valence-corrected chi connectivity index (χ4v) is 4.74. The summed E-state index contributed by atoms with van der Waals surface area (Å²) >= 11 is 6.52. The normalized spacial score (nSPS) is 11.5. The number of hydrogen-bond donors (Lipinski definition) is 1. The van der Waals surface area contributed by atoms with Gasteiger partial charge in [-0.2, -0.15) is 0 Å². The Labute approximate surface area is 234 Å². The smallest absolute Gasteiger partial charge is 0.343 e. The van der Waals surface area contributed by atoms with Crippen LogP contribution in [0.25, 0.3) is 10.9 Å². The minimum Gasteiger partial charge on any atom is -0.482 e. The molecule has 1 N–H and O–H groups in total. The van der Waals surface area contributed by atoms with Crippen molar-refractivity contribution in [3.8, 4) is 5.75 Å². The molecule has 1 heterocycles. The molecule has 0 bridgehead atoms. The lowest BCUT2D eigenvalue weighted by atomic mass is 9.86. The van der Waals surface area contributed by atoms with Crippen LogP contribution in [0.3, 0.4) is 0 Å². The van der Waals surface area contributed by atoms with Gasteiger partial charge in [0.1, 0.15) is 5.75 Å². The van der Waals surface area contributed by atoms with Crippen LogP contribution in [-0.2, 0) is 28.0 Å². The Kier molecular flexibility index (Phi) is 8.36. The number of esters is 1. The minimum absolute atomic E-state index is 0.0508. The van der Waals surface area contributed by atoms with E-state index < -0.39 is 5.97 Å². The molecule has 1 aromatic heterocycles. The molecule has 0 aliphatic carbocycles. The number of nitrogens with one attached hydrogen (secondary N) is 1. The molecule has 1 amide bonds. The van der Waals surface area contributed by atoms with E-state index in [1.807, 2.05) is 36.4 Å². The summed E-state index contributed by atoms with van der Waals surface area (Å²) in [5, 5.41) is 4.69. The molecule has 0 spiro atoms. The number of hydrogen-bond acceptors (Lipinski definition) is 4. The molecular weight excluding hydrogens is 512 g/mol. The lowest BCUT2D eigenvalue weighted by molar-refractivity contribution is -0.142. The summed E-state index contributed by atoms with van der Waals surface area (Å²) in [4.78, 5) is 24.5. The lowest BCUT2D eigenvalue weighted by Crippen LogP contribution is -2.23. The number of aromatic nitrogens is 1. The maximum absolute atomic E-state index is 13.1. The van der Waals surface area contributed by atoms with Crippen molar-refractivity contribution in [2.75, 3.05) is 13.7 Å². The second-order valence-corrected chi connectivity index (χ2v) is 11.2. The van der Waals surface area contributed by atoms with Gasteiger partial charge in [-0.3, -0.25) is 4.79 Å². The van der Waals surface area contributed by atoms with Gasteiger partial charge in [0.15, 0.2) is 6.61 Å². The zero-order valence-electron chi connectivity index (χ0n) is 23.4. The number of amides is 1. The first-order valence-corrected chi connectivity index (χ1v) is 13.3. The zero-order chi connectivity index (χ0) is 28.3. The standard InChI is InChI=1S/C32H35ClN2O4/c1-20-21(2)35(18-24-15-26(11-12-28(24)33)39-19-30(36)38-6)29-13-10-23(16-27(20)29)31(37)34-17-22-8-7-9-25(14-22)32(3,4)5/h7-16H,17-19H2,1-6H3,(H,34,37). The SMILES string of the molecule is COC(=O)COc1ccc(Cl)c(Cn2c(C)c(C)c3cc(C(=O)NCc4cccc(C(C)(C)C)c4)ccc32)c1. The van der Waals surface area contributed by atoms with Crippen molar-refractivity contribution in [3.63, 3.8) is 0 Å². The molecule has 204 valence electrons. The van der Waals surface area contributed by atoms with E-state index in [0.717, 1.165) is 33.3 Å². The highest BCUT2D eigenvalue weighted by Gasteiger charge is 2.17. The third-order valence-corrected chi connectivity index (χ3v) is 7.45. The fraction of sp³-hybridized carbons (Fsp3) is 0.312. The Bertz CT molecular complexity index is 1530. The van der Waals surface area contributed by atoms with E-state index in [1.54, 1.807) is 12.1 Å². The van der Waals surface area contributed by atoms with E-state index in [4.69, 9.17) is 16.3 Å². The van der Waals surface area contributed by atoms with Crippen molar-refractivity contribution >= 4 is 34.4 Å². The number of nitrogens with zero attached hydrogens (tertiary/aromatic N) is 1. The molecule has 0 saturated heterocycles. The number of methoxy groups -OCH3 is 1. The van der Waals surface area contributed by atoms with Crippen LogP contribution in [0.5, 0.6) is 5.75 Å². The van der Waals surface area contributed by atoms with Gasteiger partial charge < -0.3 is 19.4 Å². The van der Waals surface area contributed by atoms with Crippen LogP contribution in [0.15, 0.2) is 60.7 Å². The van der Waals surface area contributed by atoms with Crippen LogP contribution in [0.1, 0.15) is 59.1 Å². The van der Waals surface area contributed by atoms with Gasteiger partial charge in [0.05, 0.1) is 7.11 Å². The van der Waals surface area contributed by atoms with Gasteiger partial charge in [-0.05, 0) is 77.9 Å². The largest absolute Gasteiger partial charge is 0.482 e. The number of aryl methyl sites for hydroxylation is 1. The van der Waals surface area contributed by atoms with E-state index in [0.29, 0.717) is 29.4 Å². The Morgan fingerprint density at radius 3 is 2.49 bits per heavy atom. The number of carbonyl (C=O) groups is 2. The van der Waals surface area contributed by atoms with E-state index in [9.17, 15) is 9.59 Å². The summed E-state index contributed by atoms with van der Waals surface area (Å²) in [6.07, 6.45) is 0. The first-order valence-electron chi connectivity index (χ1n) is 12.9. The molecule has 7 heteroatoms. The molecule has 3 aromatic carbocycles. The second kappa shape index (κ2) is 11.5. The molecule has 0 saturated carbocycles. The highest BCUT2D eigenvalue weighted by Crippen LogP contribution is 2.30. The Morgan fingerprint density at radius 2 is 1.77 bits per heavy atom. The lowest BCUT2D eigenvalue weighted by Gasteiger charge is -2.19. The predicted octanol–water partition coefficient (Wildman–Crippen LogP) is 6.74. The molecule has 0 unspecified atom stereocenters. The molecule has 4 rings (SSSR count). The number of fused-ring (bicyclic) bond motifs is 1. The van der Waals surface area contributed by atoms with E-state index in [-0.39, 0.29) is 17.9 Å². The quantitative estimate of drug-likeness (QED) is 0.248. The topological polar surface area (TPSA) is 69.6 Å². The molecular formula is C32H35ClN2O4. The van der Waals surface area contributed by atoms with Crippen molar-refractivity contribution < 1.29 is 19.1 Å². The highest BCUT2D eigenvalue weighted by atomic mass is 35.5. The number of benzene rings is 3. The Hall–Kier alpha value is -3.77. The summed E-state index contributed by atoms with van der Waals surface area (Å²) in [7, 11) is 1.32. The van der Waals surface area contributed by atoms with Crippen molar-refractivity contribution in [2.45, 2.75) is 53.1 Å². The molecule has 0 fully saturated rings. The van der Waals surface area contributed by atoms with Gasteiger partial charge in [0.25, 0.3) is 5.91 Å². The fourth-order valence-electron chi connectivity index (χ4n) is 4.56. The van der Waals surface area contributed by atoms with Crippen molar-refractivity contribution in [3.05, 3.63) is 99.2 Å². The summed E-state index contributed by atoms with van der Waals surface area (Å²) in [5.41, 5.74) is 7.04. The molecule has 39 heavy (non-hydrogen) atoms. The molecule has 0 aliphatic heterocycles. The number of halogens is 1. The molecule has 6 nitrogen and oxygen atoms in total. The van der Waals surface area contributed by atoms with Crippen molar-refractivity contribution in [2.24, 2.45) is 0 Å². The van der Waals surface area contributed by atoms with Crippen molar-refractivity contribution in [1.29, 1.82) is 0 Å². The van der Waals surface area contributed by atoms with Crippen LogP contribution in [0.4, 0.5) is 0 Å². The summed E-state index contributed by atoms with van der Waals surface area (Å²) in [6.45, 7) is 11.5. The van der Waals surface area contributed by atoms with E-state index in [1.165, 1.54) is 12.7 Å². The summed E-state index contributed by atoms with van der Waals surface area (Å²) in [5.74, 6) is -0.0216. The van der Waals surface area contributed by atoms with Gasteiger partial charge >= 0.3 is 5.97 Å². The minimum atomic E-state index is -0.451. The van der Waals surface area contributed by atoms with Crippen LogP contribution in [0, 0.1) is 13.8 Å². The van der Waals surface area contributed by atoms with Gasteiger partial charge in [-0.25, -0.2) is 4.79 Å². The van der Waals surface area contributed by atoms with Gasteiger partial charge in [-0.1, -0.05) is 56.6 Å². The maximum Gasteiger partial charge on any atom is 0.343 e. The first kappa shape index (κ1) is 28.2. The average molecular weight is 547 g/mol. The molecule has 0 radical (unpaired) electrons. The van der Waals surface area contributed by atoms with Crippen LogP contribution in [-0.4, -0.2) is 30.2 Å². The monoisotopic (exact) mass is 546 g/mol. The highest BCUT2D eigenvalue weighted by molar-refractivity contribution is 6.31. The number of ether oxygens (including phenoxy) is 2. The van der Waals surface area contributed by atoms with Crippen LogP contribution >= 0.6 is 11.6 Å². The first-order chi connectivity index (χ1) is 18.5. The number of carbonyl (C=O) groups excluding carboxylic acids is 2. The maximum atomic E-state index is 13.1. The van der Waals surface area contributed by atoms with E-state index >= 15 is 0 Å². The zero-order valence-corrected chi connectivity index (χ0v) is 24.1.